The number of hydrogen-bond donors (Lipinski definition) is 1. The summed E-state index contributed by atoms with van der Waals surface area (Å²) in [5, 5.41) is 10.1. The molecule has 1 aromatic carbocycles. The maximum atomic E-state index is 5.85. The monoisotopic (exact) mass is 239 g/mol. The van der Waals surface area contributed by atoms with Crippen molar-refractivity contribution < 1.29 is 0 Å². The number of imidazole rings is 1. The van der Waals surface area contributed by atoms with Crippen LogP contribution in [0.25, 0.3) is 22.2 Å². The Morgan fingerprint density at radius 1 is 1.11 bits per heavy atom. The summed E-state index contributed by atoms with van der Waals surface area (Å²) in [6, 6.07) is 7.86. The highest BCUT2D eigenvalue weighted by molar-refractivity contribution is 5.98. The minimum atomic E-state index is 0.452. The molecule has 5 heteroatoms. The topological polar surface area (TPSA) is 69.6 Å². The molecule has 0 bridgehead atoms. The quantitative estimate of drug-likeness (QED) is 0.704. The maximum Gasteiger partial charge on any atom is 0.154 e. The van der Waals surface area contributed by atoms with Crippen LogP contribution in [0.3, 0.4) is 0 Å². The molecule has 18 heavy (non-hydrogen) atoms. The number of hydrogen-bond acceptors (Lipinski definition) is 4. The number of fused-ring (bicyclic) bond motifs is 1. The van der Waals surface area contributed by atoms with Crippen LogP contribution in [0.2, 0.25) is 0 Å². The van der Waals surface area contributed by atoms with Gasteiger partial charge in [0.2, 0.25) is 0 Å². The number of aryl methyl sites for hydroxylation is 1. The van der Waals surface area contributed by atoms with E-state index < -0.39 is 0 Å². The fourth-order valence-corrected chi connectivity index (χ4v) is 2.04. The first-order chi connectivity index (χ1) is 8.68. The summed E-state index contributed by atoms with van der Waals surface area (Å²) in [6.07, 6.45) is 1.81. The van der Waals surface area contributed by atoms with Gasteiger partial charge in [0.1, 0.15) is 11.5 Å². The smallest absolute Gasteiger partial charge is 0.154 e. The van der Waals surface area contributed by atoms with Gasteiger partial charge in [-0.05, 0) is 6.92 Å². The van der Waals surface area contributed by atoms with Crippen LogP contribution in [0.5, 0.6) is 0 Å². The number of rotatable bonds is 1. The Hall–Kier alpha value is -2.43. The molecule has 0 saturated heterocycles. The molecule has 0 aliphatic rings. The molecular formula is C13H13N5. The lowest BCUT2D eigenvalue weighted by atomic mass is 10.1. The van der Waals surface area contributed by atoms with Gasteiger partial charge in [0.15, 0.2) is 5.82 Å². The fraction of sp³-hybridized carbons (Fsp3) is 0.154. The van der Waals surface area contributed by atoms with Gasteiger partial charge in [-0.25, -0.2) is 4.98 Å². The molecule has 0 spiro atoms. The van der Waals surface area contributed by atoms with E-state index in [4.69, 9.17) is 5.73 Å². The van der Waals surface area contributed by atoms with Crippen LogP contribution in [0.1, 0.15) is 5.82 Å². The van der Waals surface area contributed by atoms with Gasteiger partial charge < -0.3 is 10.3 Å². The number of aromatic nitrogens is 4. The van der Waals surface area contributed by atoms with Crippen LogP contribution in [0.15, 0.2) is 30.5 Å². The molecule has 3 aromatic rings. The van der Waals surface area contributed by atoms with Crippen LogP contribution in [-0.4, -0.2) is 19.7 Å². The zero-order chi connectivity index (χ0) is 12.7. The molecule has 0 atom stereocenters. The molecule has 0 aliphatic heterocycles. The van der Waals surface area contributed by atoms with Crippen molar-refractivity contribution in [2.24, 2.45) is 7.05 Å². The van der Waals surface area contributed by atoms with E-state index >= 15 is 0 Å². The Bertz CT molecular complexity index is 729. The van der Waals surface area contributed by atoms with Gasteiger partial charge in [-0.1, -0.05) is 24.3 Å². The zero-order valence-electron chi connectivity index (χ0n) is 10.3. The van der Waals surface area contributed by atoms with E-state index in [1.807, 2.05) is 49.0 Å². The molecule has 90 valence electrons. The van der Waals surface area contributed by atoms with E-state index in [-0.39, 0.29) is 0 Å². The number of nitrogens with two attached hydrogens (primary N) is 1. The minimum absolute atomic E-state index is 0.452. The lowest BCUT2D eigenvalue weighted by Crippen LogP contribution is -2.01. The van der Waals surface area contributed by atoms with Gasteiger partial charge in [0.25, 0.3) is 0 Å². The first-order valence-corrected chi connectivity index (χ1v) is 5.68. The summed E-state index contributed by atoms with van der Waals surface area (Å²) in [4.78, 5) is 4.29. The number of benzene rings is 1. The number of nitrogen functional groups attached to an aromatic ring is 1. The first kappa shape index (κ1) is 10.7. The van der Waals surface area contributed by atoms with Crippen molar-refractivity contribution in [1.29, 1.82) is 0 Å². The Morgan fingerprint density at radius 3 is 2.50 bits per heavy atom. The van der Waals surface area contributed by atoms with Gasteiger partial charge in [-0.15, -0.1) is 10.2 Å². The molecule has 0 radical (unpaired) electrons. The normalized spacial score (nSPS) is 11.0. The molecule has 2 aromatic heterocycles. The second-order valence-electron chi connectivity index (χ2n) is 4.23. The Kier molecular flexibility index (Phi) is 2.26. The van der Waals surface area contributed by atoms with Gasteiger partial charge in [-0.3, -0.25) is 0 Å². The lowest BCUT2D eigenvalue weighted by Gasteiger charge is -2.07. The predicted octanol–water partition coefficient (Wildman–Crippen LogP) is 1.92. The second kappa shape index (κ2) is 3.80. The minimum Gasteiger partial charge on any atom is -0.382 e. The Morgan fingerprint density at radius 2 is 1.83 bits per heavy atom. The van der Waals surface area contributed by atoms with Crippen molar-refractivity contribution in [2.45, 2.75) is 6.92 Å². The van der Waals surface area contributed by atoms with Crippen LogP contribution in [0.4, 0.5) is 5.82 Å². The van der Waals surface area contributed by atoms with Crippen molar-refractivity contribution in [3.8, 4) is 11.4 Å². The SMILES string of the molecule is Cc1ncc(-c2nnc(N)c3ccccc23)n1C. The third-order valence-corrected chi connectivity index (χ3v) is 3.18. The molecule has 3 rings (SSSR count). The standard InChI is InChI=1S/C13H13N5/c1-8-15-7-11(18(8)2)12-9-5-3-4-6-10(9)13(14)17-16-12/h3-7H,1-2H3,(H2,14,17). The van der Waals surface area contributed by atoms with Gasteiger partial charge in [0.05, 0.1) is 11.9 Å². The van der Waals surface area contributed by atoms with Crippen LogP contribution in [-0.2, 0) is 7.05 Å². The van der Waals surface area contributed by atoms with E-state index in [0.29, 0.717) is 5.82 Å². The van der Waals surface area contributed by atoms with Crippen molar-refractivity contribution in [3.05, 3.63) is 36.3 Å². The third kappa shape index (κ3) is 1.44. The fourth-order valence-electron chi connectivity index (χ4n) is 2.04. The van der Waals surface area contributed by atoms with E-state index in [1.54, 1.807) is 0 Å². The summed E-state index contributed by atoms with van der Waals surface area (Å²) < 4.78 is 1.99. The van der Waals surface area contributed by atoms with Gasteiger partial charge in [0, 0.05) is 17.8 Å². The first-order valence-electron chi connectivity index (χ1n) is 5.68. The average molecular weight is 239 g/mol. The molecule has 0 fully saturated rings. The number of anilines is 1. The molecule has 5 nitrogen and oxygen atoms in total. The molecule has 2 N–H and O–H groups in total. The Labute approximate surface area is 104 Å². The zero-order valence-corrected chi connectivity index (χ0v) is 10.3. The summed E-state index contributed by atoms with van der Waals surface area (Å²) in [7, 11) is 1.96. The summed E-state index contributed by atoms with van der Waals surface area (Å²) >= 11 is 0. The highest BCUT2D eigenvalue weighted by Gasteiger charge is 2.12. The van der Waals surface area contributed by atoms with E-state index in [1.165, 1.54) is 0 Å². The molecule has 0 unspecified atom stereocenters. The van der Waals surface area contributed by atoms with E-state index in [2.05, 4.69) is 15.2 Å². The van der Waals surface area contributed by atoms with Crippen molar-refractivity contribution in [1.82, 2.24) is 19.7 Å². The average Bonchev–Trinajstić information content (AvgIpc) is 2.71. The van der Waals surface area contributed by atoms with Gasteiger partial charge in [-0.2, -0.15) is 0 Å². The second-order valence-corrected chi connectivity index (χ2v) is 4.23. The predicted molar refractivity (Wildman–Crippen MR) is 70.9 cm³/mol. The lowest BCUT2D eigenvalue weighted by molar-refractivity contribution is 0.859. The third-order valence-electron chi connectivity index (χ3n) is 3.18. The number of nitrogens with zero attached hydrogens (tertiary/aromatic N) is 4. The summed E-state index contributed by atoms with van der Waals surface area (Å²) in [5.41, 5.74) is 7.60. The van der Waals surface area contributed by atoms with Crippen molar-refractivity contribution >= 4 is 16.6 Å². The van der Waals surface area contributed by atoms with E-state index in [0.717, 1.165) is 28.0 Å². The molecule has 0 amide bonds. The maximum absolute atomic E-state index is 5.85. The van der Waals surface area contributed by atoms with Crippen molar-refractivity contribution in [3.63, 3.8) is 0 Å². The van der Waals surface area contributed by atoms with Crippen LogP contribution >= 0.6 is 0 Å². The molecule has 2 heterocycles. The highest BCUT2D eigenvalue weighted by atomic mass is 15.2. The Balaban J connectivity index is 2.37. The largest absolute Gasteiger partial charge is 0.382 e. The molecular weight excluding hydrogens is 226 g/mol. The van der Waals surface area contributed by atoms with Crippen molar-refractivity contribution in [2.75, 3.05) is 5.73 Å². The summed E-state index contributed by atoms with van der Waals surface area (Å²) in [6.45, 7) is 1.95. The van der Waals surface area contributed by atoms with Crippen LogP contribution in [0, 0.1) is 6.92 Å². The molecule has 0 aliphatic carbocycles. The highest BCUT2D eigenvalue weighted by Crippen LogP contribution is 2.28. The summed E-state index contributed by atoms with van der Waals surface area (Å²) in [5.74, 6) is 1.39. The van der Waals surface area contributed by atoms with Crippen LogP contribution < -0.4 is 5.73 Å². The van der Waals surface area contributed by atoms with E-state index in [9.17, 15) is 0 Å². The van der Waals surface area contributed by atoms with Gasteiger partial charge >= 0.3 is 0 Å². The molecule has 0 saturated carbocycles.